The van der Waals surface area contributed by atoms with Crippen LogP contribution in [0.1, 0.15) is 12.8 Å². The average molecular weight is 248 g/mol. The summed E-state index contributed by atoms with van der Waals surface area (Å²) in [6.45, 7) is -0.268. The second-order valence-corrected chi connectivity index (χ2v) is 3.14. The summed E-state index contributed by atoms with van der Waals surface area (Å²) < 4.78 is 0. The van der Waals surface area contributed by atoms with Gasteiger partial charge < -0.3 is 21.7 Å². The van der Waals surface area contributed by atoms with E-state index < -0.39 is 24.6 Å². The van der Waals surface area contributed by atoms with Crippen molar-refractivity contribution in [3.05, 3.63) is 0 Å². The predicted octanol–water partition coefficient (Wildman–Crippen LogP) is -1.90. The second kappa shape index (κ2) is 8.30. The number of guanidine groups is 1. The zero-order valence-corrected chi connectivity index (χ0v) is 9.13. The molecule has 0 radical (unpaired) electrons. The van der Waals surface area contributed by atoms with Gasteiger partial charge >= 0.3 is 11.9 Å². The molecule has 0 aromatic rings. The quantitative estimate of drug-likeness (QED) is 0.144. The number of hydrogen-bond acceptors (Lipinski definition) is 5. The molecule has 7 N–H and O–H groups in total. The molecular formula is C8H16N4O5. The zero-order valence-electron chi connectivity index (χ0n) is 9.13. The Morgan fingerprint density at radius 3 is 2.59 bits per heavy atom. The highest BCUT2D eigenvalue weighted by atomic mass is 16.7. The van der Waals surface area contributed by atoms with Crippen LogP contribution in [0.15, 0.2) is 4.99 Å². The maximum atomic E-state index is 10.4. The summed E-state index contributed by atoms with van der Waals surface area (Å²) in [7, 11) is 0. The van der Waals surface area contributed by atoms with E-state index in [-0.39, 0.29) is 18.9 Å². The Bertz CT molecular complexity index is 294. The van der Waals surface area contributed by atoms with Crippen molar-refractivity contribution in [1.29, 1.82) is 0 Å². The number of carbonyl (C=O) groups is 2. The van der Waals surface area contributed by atoms with Crippen LogP contribution in [0.25, 0.3) is 0 Å². The van der Waals surface area contributed by atoms with E-state index in [0.29, 0.717) is 6.42 Å². The van der Waals surface area contributed by atoms with Crippen LogP contribution in [0, 0.1) is 0 Å². The van der Waals surface area contributed by atoms with Crippen molar-refractivity contribution < 1.29 is 24.6 Å². The number of nitrogens with zero attached hydrogens (tertiary/aromatic N) is 1. The van der Waals surface area contributed by atoms with E-state index in [2.05, 4.69) is 15.3 Å². The van der Waals surface area contributed by atoms with Crippen molar-refractivity contribution in [2.45, 2.75) is 18.9 Å². The highest BCUT2D eigenvalue weighted by Crippen LogP contribution is 1.94. The van der Waals surface area contributed by atoms with Gasteiger partial charge in [-0.05, 0) is 12.8 Å². The third kappa shape index (κ3) is 9.08. The largest absolute Gasteiger partial charge is 0.480 e. The van der Waals surface area contributed by atoms with E-state index >= 15 is 0 Å². The van der Waals surface area contributed by atoms with Gasteiger partial charge in [0.05, 0.1) is 0 Å². The first-order chi connectivity index (χ1) is 7.93. The van der Waals surface area contributed by atoms with E-state index in [1.165, 1.54) is 0 Å². The molecule has 0 heterocycles. The lowest BCUT2D eigenvalue weighted by molar-refractivity contribution is -0.143. The minimum Gasteiger partial charge on any atom is -0.480 e. The number of hydrogen-bond donors (Lipinski definition) is 5. The van der Waals surface area contributed by atoms with Gasteiger partial charge in [-0.2, -0.15) is 0 Å². The molecule has 0 saturated carbocycles. The first kappa shape index (κ1) is 15.1. The molecule has 0 aliphatic carbocycles. The summed E-state index contributed by atoms with van der Waals surface area (Å²) in [6.07, 6.45) is 0.733. The predicted molar refractivity (Wildman–Crippen MR) is 58.1 cm³/mol. The summed E-state index contributed by atoms with van der Waals surface area (Å²) in [6, 6.07) is -0.914. The fourth-order valence-corrected chi connectivity index (χ4v) is 0.838. The molecule has 17 heavy (non-hydrogen) atoms. The van der Waals surface area contributed by atoms with E-state index in [1.54, 1.807) is 0 Å². The van der Waals surface area contributed by atoms with Crippen LogP contribution in [-0.2, 0) is 14.4 Å². The summed E-state index contributed by atoms with van der Waals surface area (Å²) >= 11 is 0. The van der Waals surface area contributed by atoms with Gasteiger partial charge in [0, 0.05) is 6.54 Å². The number of aliphatic imine (C=N–C) groups is 1. The van der Waals surface area contributed by atoms with Gasteiger partial charge in [-0.1, -0.05) is 0 Å². The molecule has 0 rings (SSSR count). The maximum Gasteiger partial charge on any atom is 0.332 e. The molecule has 0 saturated heterocycles. The van der Waals surface area contributed by atoms with Crippen LogP contribution in [0.3, 0.4) is 0 Å². The Morgan fingerprint density at radius 2 is 2.06 bits per heavy atom. The molecule has 0 aromatic carbocycles. The Balaban J connectivity index is 3.63. The molecule has 98 valence electrons. The third-order valence-electron chi connectivity index (χ3n) is 1.64. The molecule has 0 aliphatic heterocycles. The van der Waals surface area contributed by atoms with Crippen molar-refractivity contribution in [1.82, 2.24) is 5.48 Å². The molecule has 0 fully saturated rings. The molecule has 0 aromatic heterocycles. The highest BCUT2D eigenvalue weighted by Gasteiger charge is 2.09. The van der Waals surface area contributed by atoms with Crippen molar-refractivity contribution >= 4 is 17.9 Å². The molecule has 9 heteroatoms. The van der Waals surface area contributed by atoms with Crippen LogP contribution in [0.4, 0.5) is 0 Å². The zero-order chi connectivity index (χ0) is 13.3. The lowest BCUT2D eigenvalue weighted by Crippen LogP contribution is -2.33. The van der Waals surface area contributed by atoms with Gasteiger partial charge in [-0.25, -0.2) is 10.3 Å². The van der Waals surface area contributed by atoms with Gasteiger partial charge in [-0.3, -0.25) is 14.6 Å². The molecular weight excluding hydrogens is 232 g/mol. The normalized spacial score (nSPS) is 13.1. The molecule has 0 spiro atoms. The van der Waals surface area contributed by atoms with E-state index in [4.69, 9.17) is 21.7 Å². The molecule has 9 nitrogen and oxygen atoms in total. The fourth-order valence-electron chi connectivity index (χ4n) is 0.838. The number of carboxylic acid groups (broad SMARTS) is 2. The van der Waals surface area contributed by atoms with Gasteiger partial charge in [0.2, 0.25) is 5.96 Å². The number of hydroxylamine groups is 1. The van der Waals surface area contributed by atoms with Gasteiger partial charge in [0.1, 0.15) is 6.04 Å². The van der Waals surface area contributed by atoms with Crippen LogP contribution in [0.2, 0.25) is 0 Å². The monoisotopic (exact) mass is 248 g/mol. The van der Waals surface area contributed by atoms with E-state index in [1.807, 2.05) is 0 Å². The molecule has 1 atom stereocenters. The average Bonchev–Trinajstić information content (AvgIpc) is 2.23. The minimum atomic E-state index is -1.14. The Labute approximate surface area is 97.4 Å². The van der Waals surface area contributed by atoms with Gasteiger partial charge in [0.25, 0.3) is 0 Å². The van der Waals surface area contributed by atoms with Crippen LogP contribution < -0.4 is 16.9 Å². The van der Waals surface area contributed by atoms with Crippen LogP contribution in [0.5, 0.6) is 0 Å². The summed E-state index contributed by atoms with van der Waals surface area (Å²) in [5.74, 6) is -2.28. The minimum absolute atomic E-state index is 0.0739. The first-order valence-corrected chi connectivity index (χ1v) is 4.81. The van der Waals surface area contributed by atoms with E-state index in [9.17, 15) is 9.59 Å². The van der Waals surface area contributed by atoms with Gasteiger partial charge in [-0.15, -0.1) is 0 Å². The number of nitrogens with one attached hydrogen (secondary N) is 1. The van der Waals surface area contributed by atoms with Crippen molar-refractivity contribution in [3.63, 3.8) is 0 Å². The number of aliphatic carboxylic acids is 2. The van der Waals surface area contributed by atoms with Crippen molar-refractivity contribution in [2.24, 2.45) is 16.5 Å². The smallest absolute Gasteiger partial charge is 0.332 e. The highest BCUT2D eigenvalue weighted by molar-refractivity contribution is 5.77. The van der Waals surface area contributed by atoms with Crippen LogP contribution in [-0.4, -0.2) is 47.3 Å². The molecule has 0 aliphatic rings. The SMILES string of the molecule is NC(=NCCC[C@H](N)C(=O)O)NOCC(=O)O. The van der Waals surface area contributed by atoms with Crippen molar-refractivity contribution in [2.75, 3.05) is 13.2 Å². The molecule has 0 bridgehead atoms. The molecule has 0 unspecified atom stereocenters. The topological polar surface area (TPSA) is 160 Å². The maximum absolute atomic E-state index is 10.4. The second-order valence-electron chi connectivity index (χ2n) is 3.14. The van der Waals surface area contributed by atoms with Gasteiger partial charge in [0.15, 0.2) is 6.61 Å². The number of nitrogens with two attached hydrogens (primary N) is 2. The van der Waals surface area contributed by atoms with E-state index in [0.717, 1.165) is 0 Å². The first-order valence-electron chi connectivity index (χ1n) is 4.81. The summed E-state index contributed by atoms with van der Waals surface area (Å²) in [5, 5.41) is 16.7. The standard InChI is InChI=1S/C8H16N4O5/c9-5(7(15)16)2-1-3-11-8(10)12-17-4-6(13)14/h5H,1-4,9H2,(H,13,14)(H,15,16)(H3,10,11,12)/t5-/m0/s1. The summed E-state index contributed by atoms with van der Waals surface area (Å²) in [5.41, 5.74) is 12.7. The lowest BCUT2D eigenvalue weighted by atomic mass is 10.2. The third-order valence-corrected chi connectivity index (χ3v) is 1.64. The Hall–Kier alpha value is -1.87. The van der Waals surface area contributed by atoms with Crippen LogP contribution >= 0.6 is 0 Å². The van der Waals surface area contributed by atoms with Crippen molar-refractivity contribution in [3.8, 4) is 0 Å². The summed E-state index contributed by atoms with van der Waals surface area (Å²) in [4.78, 5) is 28.6. The number of carboxylic acids is 2. The molecule has 0 amide bonds. The number of rotatable bonds is 8. The Morgan fingerprint density at radius 1 is 1.41 bits per heavy atom. The Kier molecular flexibility index (Phi) is 7.39. The lowest BCUT2D eigenvalue weighted by Gasteiger charge is -2.05. The fraction of sp³-hybridized carbons (Fsp3) is 0.625.